The molecule has 0 fully saturated rings. The summed E-state index contributed by atoms with van der Waals surface area (Å²) in [7, 11) is 0. The highest BCUT2D eigenvalue weighted by Gasteiger charge is 1.95. The fraction of sp³-hybridized carbons (Fsp3) is 0.231. The molecule has 0 unspecified atom stereocenters. The maximum atomic E-state index is 5.53. The summed E-state index contributed by atoms with van der Waals surface area (Å²) < 4.78 is 5.53. The van der Waals surface area contributed by atoms with E-state index in [0.29, 0.717) is 19.1 Å². The molecule has 4 heteroatoms. The van der Waals surface area contributed by atoms with Crippen LogP contribution in [0.3, 0.4) is 0 Å². The molecule has 0 bridgehead atoms. The Morgan fingerprint density at radius 1 is 1.12 bits per heavy atom. The topological polar surface area (TPSA) is 47.0 Å². The van der Waals surface area contributed by atoms with Crippen LogP contribution < -0.4 is 10.1 Å². The second-order valence-corrected chi connectivity index (χ2v) is 3.67. The zero-order chi connectivity index (χ0) is 11.9. The minimum absolute atomic E-state index is 0.585. The molecule has 2 aromatic rings. The fourth-order valence-corrected chi connectivity index (χ4v) is 1.33. The van der Waals surface area contributed by atoms with Crippen molar-refractivity contribution in [3.8, 4) is 5.75 Å². The number of aryl methyl sites for hydroxylation is 1. The Hall–Kier alpha value is -2.10. The fourth-order valence-electron chi connectivity index (χ4n) is 1.33. The minimum atomic E-state index is 0.585. The summed E-state index contributed by atoms with van der Waals surface area (Å²) in [6, 6.07) is 9.73. The minimum Gasteiger partial charge on any atom is -0.492 e. The summed E-state index contributed by atoms with van der Waals surface area (Å²) in [6.45, 7) is 3.22. The lowest BCUT2D eigenvalue weighted by Crippen LogP contribution is -2.13. The third kappa shape index (κ3) is 3.75. The van der Waals surface area contributed by atoms with E-state index in [-0.39, 0.29) is 0 Å². The third-order valence-corrected chi connectivity index (χ3v) is 2.18. The average Bonchev–Trinajstić information content (AvgIpc) is 2.38. The van der Waals surface area contributed by atoms with Crippen molar-refractivity contribution in [2.45, 2.75) is 6.92 Å². The third-order valence-electron chi connectivity index (χ3n) is 2.18. The van der Waals surface area contributed by atoms with Crippen LogP contribution >= 0.6 is 0 Å². The number of anilines is 1. The van der Waals surface area contributed by atoms with Gasteiger partial charge in [0, 0.05) is 12.4 Å². The van der Waals surface area contributed by atoms with Gasteiger partial charge in [-0.3, -0.25) is 0 Å². The van der Waals surface area contributed by atoms with Crippen LogP contribution in [0.4, 0.5) is 5.95 Å². The van der Waals surface area contributed by atoms with Crippen LogP contribution in [0.5, 0.6) is 5.75 Å². The maximum Gasteiger partial charge on any atom is 0.222 e. The number of rotatable bonds is 5. The number of nitrogens with zero attached hydrogens (tertiary/aromatic N) is 2. The summed E-state index contributed by atoms with van der Waals surface area (Å²) in [6.07, 6.45) is 3.57. The van der Waals surface area contributed by atoms with Gasteiger partial charge in [-0.1, -0.05) is 18.2 Å². The Bertz CT molecular complexity index is 442. The Balaban J connectivity index is 1.71. The van der Waals surface area contributed by atoms with Crippen molar-refractivity contribution in [1.82, 2.24) is 9.97 Å². The van der Waals surface area contributed by atoms with Gasteiger partial charge in [-0.05, 0) is 24.6 Å². The van der Waals surface area contributed by atoms with Gasteiger partial charge in [-0.25, -0.2) is 9.97 Å². The molecule has 17 heavy (non-hydrogen) atoms. The van der Waals surface area contributed by atoms with Gasteiger partial charge in [0.1, 0.15) is 12.4 Å². The maximum absolute atomic E-state index is 5.53. The van der Waals surface area contributed by atoms with Crippen molar-refractivity contribution in [3.63, 3.8) is 0 Å². The standard InChI is InChI=1S/C13H15N3O/c1-11-9-15-13(16-10-11)14-7-8-17-12-5-3-2-4-6-12/h2-6,9-10H,7-8H2,1H3,(H,14,15,16). The molecule has 1 aromatic heterocycles. The second-order valence-electron chi connectivity index (χ2n) is 3.67. The van der Waals surface area contributed by atoms with E-state index in [1.165, 1.54) is 0 Å². The normalized spacial score (nSPS) is 9.94. The molecule has 0 radical (unpaired) electrons. The van der Waals surface area contributed by atoms with E-state index < -0.39 is 0 Å². The Morgan fingerprint density at radius 3 is 2.53 bits per heavy atom. The molecule has 4 nitrogen and oxygen atoms in total. The predicted molar refractivity (Wildman–Crippen MR) is 67.2 cm³/mol. The smallest absolute Gasteiger partial charge is 0.222 e. The van der Waals surface area contributed by atoms with Crippen molar-refractivity contribution in [2.24, 2.45) is 0 Å². The van der Waals surface area contributed by atoms with Crippen LogP contribution in [0.1, 0.15) is 5.56 Å². The number of nitrogens with one attached hydrogen (secondary N) is 1. The number of aromatic nitrogens is 2. The number of hydrogen-bond donors (Lipinski definition) is 1. The van der Waals surface area contributed by atoms with Gasteiger partial charge in [-0.2, -0.15) is 0 Å². The lowest BCUT2D eigenvalue weighted by atomic mass is 10.3. The molecule has 88 valence electrons. The molecule has 0 amide bonds. The van der Waals surface area contributed by atoms with E-state index in [0.717, 1.165) is 11.3 Å². The summed E-state index contributed by atoms with van der Waals surface area (Å²) in [5.74, 6) is 1.51. The Morgan fingerprint density at radius 2 is 1.82 bits per heavy atom. The quantitative estimate of drug-likeness (QED) is 0.799. The predicted octanol–water partition coefficient (Wildman–Crippen LogP) is 2.28. The number of ether oxygens (including phenoxy) is 1. The van der Waals surface area contributed by atoms with Crippen molar-refractivity contribution in [1.29, 1.82) is 0 Å². The van der Waals surface area contributed by atoms with Crippen LogP contribution in [-0.4, -0.2) is 23.1 Å². The number of para-hydroxylation sites is 1. The van der Waals surface area contributed by atoms with Crippen LogP contribution in [-0.2, 0) is 0 Å². The molecule has 0 aliphatic rings. The van der Waals surface area contributed by atoms with Gasteiger partial charge >= 0.3 is 0 Å². The molecule has 0 aliphatic heterocycles. The van der Waals surface area contributed by atoms with E-state index in [4.69, 9.17) is 4.74 Å². The highest BCUT2D eigenvalue weighted by Crippen LogP contribution is 2.07. The molecule has 0 spiro atoms. The first-order chi connectivity index (χ1) is 8.34. The van der Waals surface area contributed by atoms with Crippen molar-refractivity contribution < 1.29 is 4.74 Å². The van der Waals surface area contributed by atoms with Gasteiger partial charge in [0.15, 0.2) is 0 Å². The first kappa shape index (κ1) is 11.4. The Labute approximate surface area is 101 Å². The molecule has 0 atom stereocenters. The van der Waals surface area contributed by atoms with E-state index in [2.05, 4.69) is 15.3 Å². The molecule has 1 aromatic carbocycles. The highest BCUT2D eigenvalue weighted by atomic mass is 16.5. The van der Waals surface area contributed by atoms with E-state index in [9.17, 15) is 0 Å². The lowest BCUT2D eigenvalue weighted by molar-refractivity contribution is 0.332. The zero-order valence-electron chi connectivity index (χ0n) is 9.76. The first-order valence-corrected chi connectivity index (χ1v) is 5.55. The van der Waals surface area contributed by atoms with Gasteiger partial charge in [0.05, 0.1) is 6.54 Å². The van der Waals surface area contributed by atoms with E-state index >= 15 is 0 Å². The number of hydrogen-bond acceptors (Lipinski definition) is 4. The molecule has 0 aliphatic carbocycles. The SMILES string of the molecule is Cc1cnc(NCCOc2ccccc2)nc1. The van der Waals surface area contributed by atoms with Crippen LogP contribution in [0.2, 0.25) is 0 Å². The van der Waals surface area contributed by atoms with Crippen molar-refractivity contribution >= 4 is 5.95 Å². The second kappa shape index (κ2) is 5.84. The highest BCUT2D eigenvalue weighted by molar-refractivity contribution is 5.24. The average molecular weight is 229 g/mol. The molecule has 0 saturated carbocycles. The lowest BCUT2D eigenvalue weighted by Gasteiger charge is -2.07. The molecule has 1 N–H and O–H groups in total. The van der Waals surface area contributed by atoms with Crippen molar-refractivity contribution in [2.75, 3.05) is 18.5 Å². The molecule has 2 rings (SSSR count). The number of benzene rings is 1. The van der Waals surface area contributed by atoms with Gasteiger partial charge in [-0.15, -0.1) is 0 Å². The zero-order valence-corrected chi connectivity index (χ0v) is 9.76. The molecular formula is C13H15N3O. The monoisotopic (exact) mass is 229 g/mol. The van der Waals surface area contributed by atoms with E-state index in [1.54, 1.807) is 12.4 Å². The van der Waals surface area contributed by atoms with E-state index in [1.807, 2.05) is 37.3 Å². The first-order valence-electron chi connectivity index (χ1n) is 5.55. The largest absolute Gasteiger partial charge is 0.492 e. The summed E-state index contributed by atoms with van der Waals surface area (Å²) >= 11 is 0. The van der Waals surface area contributed by atoms with Crippen LogP contribution in [0.15, 0.2) is 42.7 Å². The summed E-state index contributed by atoms with van der Waals surface area (Å²) in [5, 5.41) is 3.09. The van der Waals surface area contributed by atoms with Gasteiger partial charge in [0.2, 0.25) is 5.95 Å². The molecular weight excluding hydrogens is 214 g/mol. The Kier molecular flexibility index (Phi) is 3.91. The summed E-state index contributed by atoms with van der Waals surface area (Å²) in [5.41, 5.74) is 1.05. The van der Waals surface area contributed by atoms with Gasteiger partial charge < -0.3 is 10.1 Å². The summed E-state index contributed by atoms with van der Waals surface area (Å²) in [4.78, 5) is 8.29. The molecule has 1 heterocycles. The van der Waals surface area contributed by atoms with Crippen LogP contribution in [0, 0.1) is 6.92 Å². The van der Waals surface area contributed by atoms with Crippen molar-refractivity contribution in [3.05, 3.63) is 48.3 Å². The van der Waals surface area contributed by atoms with Gasteiger partial charge in [0.25, 0.3) is 0 Å². The van der Waals surface area contributed by atoms with Crippen LogP contribution in [0.25, 0.3) is 0 Å². The molecule has 0 saturated heterocycles.